The number of carbonyl (C=O) groups excluding carboxylic acids is 7. The molecule has 0 spiro atoms. The van der Waals surface area contributed by atoms with Crippen LogP contribution in [-0.4, -0.2) is 153 Å². The van der Waals surface area contributed by atoms with Crippen LogP contribution in [0.2, 0.25) is 0 Å². The first-order valence-corrected chi connectivity index (χ1v) is 39.7. The third-order valence-electron chi connectivity index (χ3n) is 12.4. The van der Waals surface area contributed by atoms with Gasteiger partial charge in [-0.15, -0.1) is 40.4 Å². The smallest absolute Gasteiger partial charge is 0.390 e. The maximum absolute atomic E-state index is 12.5. The molecule has 0 bridgehead atoms. The van der Waals surface area contributed by atoms with Gasteiger partial charge in [0.15, 0.2) is 6.20 Å². The normalized spacial score (nSPS) is 13.5. The molecule has 42 heteroatoms. The summed E-state index contributed by atoms with van der Waals surface area (Å²) in [7, 11) is -8.85. The van der Waals surface area contributed by atoms with Gasteiger partial charge in [0.1, 0.15) is 24.0 Å². The van der Waals surface area contributed by atoms with E-state index in [9.17, 15) is 80.7 Å². The Bertz CT molecular complexity index is 3720. The number of benzene rings is 2. The number of anilines is 2. The fourth-order valence-corrected chi connectivity index (χ4v) is 10.6. The number of carbonyl (C=O) groups is 7. The number of amides is 7. The summed E-state index contributed by atoms with van der Waals surface area (Å²) in [4.78, 5) is 116. The lowest BCUT2D eigenvalue weighted by Gasteiger charge is -2.15. The Kier molecular flexibility index (Phi) is 72.9. The van der Waals surface area contributed by atoms with Crippen molar-refractivity contribution in [2.75, 3.05) is 67.1 Å². The molecule has 38 nitrogen and oxygen atoms in total. The Morgan fingerprint density at radius 1 is 0.574 bits per heavy atom. The molecule has 2 fully saturated rings. The Morgan fingerprint density at radius 2 is 0.930 bits per heavy atom. The molecule has 0 aromatic heterocycles. The number of nitrogens with zero attached hydrogens (tertiary/aromatic N) is 11. The average Bonchev–Trinajstić information content (AvgIpc) is 1.68. The van der Waals surface area contributed by atoms with E-state index in [2.05, 4.69) is 60.6 Å². The van der Waals surface area contributed by atoms with Crippen molar-refractivity contribution in [3.63, 3.8) is 0 Å². The Labute approximate surface area is 683 Å². The molecule has 4 unspecified atom stereocenters. The number of nitrogens with one attached hydrogen (secondary N) is 5. The van der Waals surface area contributed by atoms with Crippen LogP contribution < -0.4 is 50.5 Å². The third-order valence-corrected chi connectivity index (χ3v) is 16.7. The number of rotatable bonds is 40. The Morgan fingerprint density at radius 3 is 1.24 bits per heavy atom. The highest BCUT2D eigenvalue weighted by Gasteiger charge is 2.41. The highest BCUT2D eigenvalue weighted by atomic mass is 32.3. The van der Waals surface area contributed by atoms with Gasteiger partial charge in [-0.3, -0.25) is 63.9 Å². The zero-order valence-corrected chi connectivity index (χ0v) is 67.4. The first kappa shape index (κ1) is 114. The van der Waals surface area contributed by atoms with Crippen molar-refractivity contribution < 1.29 is 81.9 Å². The first-order chi connectivity index (χ1) is 53.9. The van der Waals surface area contributed by atoms with Crippen molar-refractivity contribution in [3.05, 3.63) is 164 Å². The summed E-state index contributed by atoms with van der Waals surface area (Å²) in [5, 5.41) is 84.2. The van der Waals surface area contributed by atoms with Crippen LogP contribution in [0.25, 0.3) is 4.85 Å². The quantitative estimate of drug-likeness (QED) is 0.00687. The van der Waals surface area contributed by atoms with Gasteiger partial charge in [-0.25, -0.2) is 14.6 Å². The SMILES string of the molecule is C.C.CCCN.CCCN/C=C/C#N.CCCN/C=C\C#N.CCCNC(=O)CC(/C=C\C#N)[N+](=O)[O-].CCCNC(=O)CC[N+](=O)[O-].CCCSC1CC(=O)N(c2cccc(OS(=O)(=O)O/C=C/C#N)c2)C1=O.CCCSC1CC(=O)N(c2cccc(OS(=O)(=O)O/C=C/C#N)c2)C1=O.[C-]#[N+]/C=C/C(CC(=O)NCCC)[N+](=O)[O-]. The van der Waals surface area contributed by atoms with E-state index in [-0.39, 0.29) is 118 Å². The predicted octanol–water partition coefficient (Wildman–Crippen LogP) is 9.74. The van der Waals surface area contributed by atoms with Gasteiger partial charge in [-0.1, -0.05) is 82.4 Å². The van der Waals surface area contributed by atoms with Crippen molar-refractivity contribution in [2.45, 2.75) is 176 Å². The van der Waals surface area contributed by atoms with Crippen LogP contribution in [0, 0.1) is 93.6 Å². The minimum absolute atomic E-state index is 0. The van der Waals surface area contributed by atoms with Crippen molar-refractivity contribution in [2.24, 2.45) is 5.73 Å². The molecule has 2 aromatic rings. The number of nitrogens with two attached hydrogens (primary N) is 1. The monoisotopic (exact) mass is 1690 g/mol. The van der Waals surface area contributed by atoms with E-state index in [1.807, 2.05) is 46.8 Å². The zero-order valence-electron chi connectivity index (χ0n) is 64.1. The molecule has 2 aromatic carbocycles. The lowest BCUT2D eigenvalue weighted by Crippen LogP contribution is -2.31. The van der Waals surface area contributed by atoms with Crippen LogP contribution in [0.1, 0.15) is 154 Å². The van der Waals surface area contributed by atoms with Crippen LogP contribution >= 0.6 is 23.5 Å². The summed E-state index contributed by atoms with van der Waals surface area (Å²) in [5.41, 5.74) is 5.47. The molecule has 634 valence electrons. The molecule has 4 rings (SSSR count). The molecule has 0 saturated carbocycles. The number of thioether (sulfide) groups is 2. The minimum Gasteiger partial charge on any atom is -0.390 e. The molecule has 0 radical (unpaired) electrons. The molecule has 2 heterocycles. The standard InChI is InChI=1S/2C16H16N2O6S2.2C9H13N3O3.C6H12N2O3.2C6H10N2.C3H9N.2CH4/c2*1-2-9-25-14-11-15(19)18(16(14)20)12-5-3-6-13(10-12)24-26(21,22)23-8-4-7-17;1-3-5-11-9(13)7-8(12(14)15)4-6-10-2;1-2-6-11-9(13)7-8(12(14)15)4-3-5-10;1-2-4-7-6(9)3-5-8(10)11;2*1-2-5-8-6-3-4-7;1-2-3-4;;/h2*3-6,8,10,14H,2,9,11H2,1H3;4,6,8H,3,5,7H2,1H3,(H,11,13);3-4,8H,2,6-7H2,1H3,(H,11,13);2-5H2,1H3,(H,7,9);2*3,6,8H,2,5H2,1H3;2-4H2,1H3;2*1H4/b2*8-4+;6-4+;4-3-;;6-3+;6-3-;;;. The molecular formula is C73H107N17O21S4. The van der Waals surface area contributed by atoms with E-state index in [0.29, 0.717) is 32.2 Å². The number of nitro groups is 3. The van der Waals surface area contributed by atoms with Crippen molar-refractivity contribution in [1.82, 2.24) is 26.6 Å². The van der Waals surface area contributed by atoms with Crippen molar-refractivity contribution >= 4 is 97.0 Å². The second kappa shape index (κ2) is 73.5. The molecule has 0 aliphatic carbocycles. The van der Waals surface area contributed by atoms with Gasteiger partial charge >= 0.3 is 20.8 Å². The zero-order chi connectivity index (χ0) is 86.3. The van der Waals surface area contributed by atoms with Crippen molar-refractivity contribution in [1.29, 1.82) is 26.3 Å². The summed E-state index contributed by atoms with van der Waals surface area (Å²) in [6, 6.07) is 17.5. The Hall–Kier alpha value is -11.9. The highest BCUT2D eigenvalue weighted by Crippen LogP contribution is 2.34. The fourth-order valence-electron chi connectivity index (χ4n) is 7.38. The number of hydrogen-bond acceptors (Lipinski definition) is 31. The molecule has 2 aliphatic heterocycles. The molecule has 115 heavy (non-hydrogen) atoms. The van der Waals surface area contributed by atoms with Crippen LogP contribution in [0.15, 0.2) is 122 Å². The van der Waals surface area contributed by atoms with Crippen LogP contribution in [0.5, 0.6) is 11.5 Å². The van der Waals surface area contributed by atoms with Crippen LogP contribution in [0.4, 0.5) is 11.4 Å². The fraction of sp³-hybridized carbons (Fsp3) is 0.493. The van der Waals surface area contributed by atoms with Crippen LogP contribution in [-0.2, 0) is 62.7 Å². The predicted molar refractivity (Wildman–Crippen MR) is 438 cm³/mol. The topological polar surface area (TPSA) is 570 Å². The van der Waals surface area contributed by atoms with E-state index in [1.54, 1.807) is 30.6 Å². The average molecular weight is 1690 g/mol. The van der Waals surface area contributed by atoms with Gasteiger partial charge in [-0.2, -0.15) is 26.3 Å². The first-order valence-electron chi connectivity index (χ1n) is 35.0. The molecule has 2 saturated heterocycles. The molecule has 4 atom stereocenters. The summed E-state index contributed by atoms with van der Waals surface area (Å²) in [6.07, 6.45) is 20.6. The van der Waals surface area contributed by atoms with E-state index < -0.39 is 58.2 Å². The van der Waals surface area contributed by atoms with Crippen molar-refractivity contribution in [3.8, 4) is 41.8 Å². The second-order valence-corrected chi connectivity index (χ2v) is 26.8. The molecular weight excluding hydrogens is 1580 g/mol. The maximum atomic E-state index is 12.5. The third kappa shape index (κ3) is 60.4. The van der Waals surface area contributed by atoms with E-state index in [1.165, 1.54) is 84.2 Å². The van der Waals surface area contributed by atoms with E-state index >= 15 is 0 Å². The summed E-state index contributed by atoms with van der Waals surface area (Å²) in [5.74, 6) is -1.06. The van der Waals surface area contributed by atoms with E-state index in [0.717, 1.165) is 129 Å². The van der Waals surface area contributed by atoms with Gasteiger partial charge < -0.3 is 49.0 Å². The molecule has 7 N–H and O–H groups in total. The second-order valence-electron chi connectivity index (χ2n) is 21.8. The number of imide groups is 2. The van der Waals surface area contributed by atoms with Gasteiger partial charge in [0.25, 0.3) is 0 Å². The maximum Gasteiger partial charge on any atom is 0.500 e. The van der Waals surface area contributed by atoms with Crippen LogP contribution in [0.3, 0.4) is 0 Å². The summed E-state index contributed by atoms with van der Waals surface area (Å²) >= 11 is 2.85. The number of hydrogen-bond donors (Lipinski definition) is 6. The van der Waals surface area contributed by atoms with Gasteiger partial charge in [-0.05, 0) is 106 Å². The largest absolute Gasteiger partial charge is 0.500 e. The van der Waals surface area contributed by atoms with Gasteiger partial charge in [0.05, 0.1) is 90.2 Å². The summed E-state index contributed by atoms with van der Waals surface area (Å²) in [6.45, 7) is 26.4. The Balaban J connectivity index is -0.000000311. The number of nitriles is 5. The minimum atomic E-state index is -4.43. The highest BCUT2D eigenvalue weighted by molar-refractivity contribution is 8.00. The molecule has 7 amide bonds. The number of allylic oxidation sites excluding steroid dienone is 5. The summed E-state index contributed by atoms with van der Waals surface area (Å²) < 4.78 is 64.8. The van der Waals surface area contributed by atoms with Gasteiger partial charge in [0, 0.05) is 103 Å². The lowest BCUT2D eigenvalue weighted by atomic mass is 10.2. The molecule has 2 aliphatic rings. The van der Waals surface area contributed by atoms with E-state index in [4.69, 9.17) is 47.0 Å². The van der Waals surface area contributed by atoms with Gasteiger partial charge in [0.2, 0.25) is 60.0 Å². The lowest BCUT2D eigenvalue weighted by molar-refractivity contribution is -0.508.